The van der Waals surface area contributed by atoms with Gasteiger partial charge < -0.3 is 24.2 Å². The molecule has 0 aliphatic heterocycles. The van der Waals surface area contributed by atoms with Crippen molar-refractivity contribution >= 4 is 35.3 Å². The Bertz CT molecular complexity index is 954. The maximum Gasteiger partial charge on any atom is 0.415 e. The van der Waals surface area contributed by atoms with E-state index < -0.39 is 18.2 Å². The van der Waals surface area contributed by atoms with E-state index in [4.69, 9.17) is 37.4 Å². The fraction of sp³-hybridized carbons (Fsp3) is 0.481. The summed E-state index contributed by atoms with van der Waals surface area (Å²) in [5, 5.41) is 9.98. The van der Waals surface area contributed by atoms with Crippen molar-refractivity contribution in [3.8, 4) is 11.5 Å². The van der Waals surface area contributed by atoms with Crippen molar-refractivity contribution in [2.45, 2.75) is 58.5 Å². The van der Waals surface area contributed by atoms with Crippen LogP contribution in [0.25, 0.3) is 0 Å². The van der Waals surface area contributed by atoms with Crippen molar-refractivity contribution in [3.63, 3.8) is 0 Å². The third-order valence-corrected chi connectivity index (χ3v) is 6.03. The van der Waals surface area contributed by atoms with Crippen LogP contribution in [0, 0.1) is 0 Å². The van der Waals surface area contributed by atoms with E-state index in [-0.39, 0.29) is 23.8 Å². The first-order chi connectivity index (χ1) is 17.3. The first kappa shape index (κ1) is 29.7. The second kappa shape index (κ2) is 16.3. The van der Waals surface area contributed by atoms with Crippen LogP contribution >= 0.6 is 23.2 Å². The number of unbranched alkanes of at least 4 members (excludes halogenated alkanes) is 4. The van der Waals surface area contributed by atoms with Gasteiger partial charge in [0, 0.05) is 24.6 Å². The number of amides is 1. The number of carboxylic acid groups (broad SMARTS) is 1. The highest BCUT2D eigenvalue weighted by atomic mass is 35.5. The number of ether oxygens (including phenoxy) is 3. The molecule has 0 aliphatic rings. The zero-order valence-electron chi connectivity index (χ0n) is 20.9. The molecule has 0 radical (unpaired) electrons. The van der Waals surface area contributed by atoms with Crippen molar-refractivity contribution in [2.75, 3.05) is 26.3 Å². The summed E-state index contributed by atoms with van der Waals surface area (Å²) in [6.07, 6.45) is 4.23. The molecule has 9 heteroatoms. The monoisotopic (exact) mass is 539 g/mol. The Labute approximate surface area is 223 Å². The maximum atomic E-state index is 12.9. The van der Waals surface area contributed by atoms with Crippen molar-refractivity contribution in [1.82, 2.24) is 4.90 Å². The molecule has 1 unspecified atom stereocenters. The van der Waals surface area contributed by atoms with Crippen LogP contribution in [0.3, 0.4) is 0 Å². The molecule has 36 heavy (non-hydrogen) atoms. The minimum atomic E-state index is -0.987. The minimum Gasteiger partial charge on any atom is -0.492 e. The number of carbonyl (C=O) groups is 2. The second-order valence-electron chi connectivity index (χ2n) is 8.32. The molecule has 0 heterocycles. The number of aliphatic carboxylic acids is 1. The molecule has 1 N–H and O–H groups in total. The van der Waals surface area contributed by atoms with Crippen molar-refractivity contribution in [1.29, 1.82) is 0 Å². The summed E-state index contributed by atoms with van der Waals surface area (Å²) in [7, 11) is 0. The molecule has 198 valence electrons. The molecule has 2 aromatic rings. The molecule has 0 aliphatic carbocycles. The number of benzene rings is 2. The Morgan fingerprint density at radius 3 is 2.33 bits per heavy atom. The van der Waals surface area contributed by atoms with Gasteiger partial charge >= 0.3 is 12.1 Å². The molecule has 0 aromatic heterocycles. The van der Waals surface area contributed by atoms with Gasteiger partial charge in [-0.2, -0.15) is 0 Å². The number of halogens is 2. The van der Waals surface area contributed by atoms with Crippen LogP contribution in [0.2, 0.25) is 10.0 Å². The van der Waals surface area contributed by atoms with Crippen LogP contribution in [-0.2, 0) is 16.0 Å². The number of carboxylic acids is 1. The summed E-state index contributed by atoms with van der Waals surface area (Å²) < 4.78 is 16.6. The van der Waals surface area contributed by atoms with Crippen LogP contribution in [0.1, 0.15) is 51.5 Å². The quantitative estimate of drug-likeness (QED) is 0.234. The smallest absolute Gasteiger partial charge is 0.415 e. The Balaban J connectivity index is 1.93. The molecule has 0 bridgehead atoms. The van der Waals surface area contributed by atoms with E-state index in [1.54, 1.807) is 36.1 Å². The van der Waals surface area contributed by atoms with E-state index in [1.807, 2.05) is 12.1 Å². The molecule has 2 aromatic carbocycles. The van der Waals surface area contributed by atoms with Crippen LogP contribution in [0.5, 0.6) is 11.5 Å². The van der Waals surface area contributed by atoms with Crippen LogP contribution in [-0.4, -0.2) is 54.5 Å². The average Bonchev–Trinajstić information content (AvgIpc) is 2.85. The van der Waals surface area contributed by atoms with Gasteiger partial charge in [-0.25, -0.2) is 9.59 Å². The molecule has 0 fully saturated rings. The van der Waals surface area contributed by atoms with Gasteiger partial charge in [0.2, 0.25) is 0 Å². The third-order valence-electron chi connectivity index (χ3n) is 5.50. The van der Waals surface area contributed by atoms with E-state index in [1.165, 1.54) is 12.5 Å². The van der Waals surface area contributed by atoms with Crippen molar-refractivity contribution in [2.24, 2.45) is 0 Å². The lowest BCUT2D eigenvalue weighted by Gasteiger charge is -2.22. The van der Waals surface area contributed by atoms with E-state index >= 15 is 0 Å². The van der Waals surface area contributed by atoms with Gasteiger partial charge in [0.05, 0.1) is 11.6 Å². The molecular weight excluding hydrogens is 505 g/mol. The molecule has 7 nitrogen and oxygen atoms in total. The van der Waals surface area contributed by atoms with Gasteiger partial charge in [-0.15, -0.1) is 0 Å². The van der Waals surface area contributed by atoms with Gasteiger partial charge in [0.15, 0.2) is 11.9 Å². The van der Waals surface area contributed by atoms with Crippen LogP contribution in [0.4, 0.5) is 4.79 Å². The molecule has 1 atom stereocenters. The van der Waals surface area contributed by atoms with Gasteiger partial charge in [-0.1, -0.05) is 67.9 Å². The van der Waals surface area contributed by atoms with Crippen LogP contribution in [0.15, 0.2) is 42.5 Å². The molecule has 2 rings (SSSR count). The number of hydrogen-bond donors (Lipinski definition) is 1. The molecular formula is C27H35Cl2NO6. The van der Waals surface area contributed by atoms with E-state index in [9.17, 15) is 14.7 Å². The highest BCUT2D eigenvalue weighted by molar-refractivity contribution is 6.35. The zero-order chi connectivity index (χ0) is 26.3. The van der Waals surface area contributed by atoms with E-state index in [0.717, 1.165) is 31.2 Å². The van der Waals surface area contributed by atoms with Crippen molar-refractivity contribution < 1.29 is 28.9 Å². The number of hydrogen-bond acceptors (Lipinski definition) is 5. The number of carbonyl (C=O) groups excluding carboxylic acids is 1. The summed E-state index contributed by atoms with van der Waals surface area (Å²) in [6, 6.07) is 11.9. The predicted molar refractivity (Wildman–Crippen MR) is 142 cm³/mol. The maximum absolute atomic E-state index is 12.9. The van der Waals surface area contributed by atoms with Crippen LogP contribution < -0.4 is 9.47 Å². The lowest BCUT2D eigenvalue weighted by molar-refractivity contribution is -0.149. The highest BCUT2D eigenvalue weighted by Gasteiger charge is 2.19. The zero-order valence-corrected chi connectivity index (χ0v) is 22.4. The summed E-state index contributed by atoms with van der Waals surface area (Å²) in [5.41, 5.74) is 0.834. The summed E-state index contributed by atoms with van der Waals surface area (Å²) in [5.74, 6) is -0.108. The lowest BCUT2D eigenvalue weighted by atomic mass is 10.1. The van der Waals surface area contributed by atoms with E-state index in [0.29, 0.717) is 30.5 Å². The topological polar surface area (TPSA) is 85.3 Å². The van der Waals surface area contributed by atoms with Gasteiger partial charge in [0.25, 0.3) is 0 Å². The van der Waals surface area contributed by atoms with Gasteiger partial charge in [0.1, 0.15) is 12.4 Å². The van der Waals surface area contributed by atoms with Crippen molar-refractivity contribution in [3.05, 3.63) is 58.1 Å². The standard InChI is InChI=1S/C27H35Cl2NO6/c1-3-5-6-7-8-15-30(27(33)36-24-14-11-21(28)19-23(24)29)16-17-35-22-12-9-20(10-13-22)18-25(26(31)32)34-4-2/h9-14,19,25H,3-8,15-18H2,1-2H3,(H,31,32). The predicted octanol–water partition coefficient (Wildman–Crippen LogP) is 6.88. The van der Waals surface area contributed by atoms with E-state index in [2.05, 4.69) is 6.92 Å². The highest BCUT2D eigenvalue weighted by Crippen LogP contribution is 2.28. The Kier molecular flexibility index (Phi) is 13.5. The Morgan fingerprint density at radius 2 is 1.69 bits per heavy atom. The summed E-state index contributed by atoms with van der Waals surface area (Å²) in [4.78, 5) is 25.8. The Morgan fingerprint density at radius 1 is 0.972 bits per heavy atom. The van der Waals surface area contributed by atoms with Gasteiger partial charge in [-0.05, 0) is 49.2 Å². The molecule has 0 saturated heterocycles. The SMILES string of the molecule is CCCCCCCN(CCOc1ccc(CC(OCC)C(=O)O)cc1)C(=O)Oc1ccc(Cl)cc1Cl. The number of rotatable bonds is 16. The molecule has 0 spiro atoms. The fourth-order valence-corrected chi connectivity index (χ4v) is 3.99. The first-order valence-corrected chi connectivity index (χ1v) is 13.1. The lowest BCUT2D eigenvalue weighted by Crippen LogP contribution is -2.37. The molecule has 0 saturated carbocycles. The largest absolute Gasteiger partial charge is 0.492 e. The average molecular weight is 540 g/mol. The minimum absolute atomic E-state index is 0.255. The fourth-order valence-electron chi connectivity index (χ4n) is 3.55. The summed E-state index contributed by atoms with van der Waals surface area (Å²) >= 11 is 12.1. The third kappa shape index (κ3) is 10.6. The molecule has 1 amide bonds. The normalized spacial score (nSPS) is 11.7. The first-order valence-electron chi connectivity index (χ1n) is 12.3. The summed E-state index contributed by atoms with van der Waals surface area (Å²) in [6.45, 7) is 5.41. The Hall–Kier alpha value is -2.48. The second-order valence-corrected chi connectivity index (χ2v) is 9.17. The number of nitrogens with zero attached hydrogens (tertiary/aromatic N) is 1. The van der Waals surface area contributed by atoms with Gasteiger partial charge in [-0.3, -0.25) is 0 Å².